The van der Waals surface area contributed by atoms with E-state index in [4.69, 9.17) is 14.2 Å². The van der Waals surface area contributed by atoms with E-state index in [1.165, 1.54) is 212 Å². The van der Waals surface area contributed by atoms with Gasteiger partial charge in [-0.25, -0.2) is 0 Å². The molecule has 414 valence electrons. The summed E-state index contributed by atoms with van der Waals surface area (Å²) >= 11 is 0. The van der Waals surface area contributed by atoms with Crippen molar-refractivity contribution in [3.8, 4) is 0 Å². The zero-order valence-electron chi connectivity index (χ0n) is 47.5. The molecule has 0 fully saturated rings. The third-order valence-electron chi connectivity index (χ3n) is 13.8. The Labute approximate surface area is 441 Å². The SMILES string of the molecule is CCCCCCC/C=C\C/C=C\C/C=C\CCCCCCCCCCCCCCCCC(=O)OCC(COC(=O)CCCCCCCCCC)OC(=O)CCCCCCC/C=C\CCCCCCCCC. The summed E-state index contributed by atoms with van der Waals surface area (Å²) in [5, 5.41) is 0. The van der Waals surface area contributed by atoms with Gasteiger partial charge >= 0.3 is 17.9 Å². The second-order valence-corrected chi connectivity index (χ2v) is 21.0. The Morgan fingerprint density at radius 1 is 0.282 bits per heavy atom. The first-order chi connectivity index (χ1) is 35.0. The second kappa shape index (κ2) is 59.9. The third-order valence-corrected chi connectivity index (χ3v) is 13.8. The van der Waals surface area contributed by atoms with Gasteiger partial charge in [-0.2, -0.15) is 0 Å². The van der Waals surface area contributed by atoms with E-state index in [0.29, 0.717) is 19.3 Å². The maximum absolute atomic E-state index is 12.8. The minimum atomic E-state index is -0.773. The van der Waals surface area contributed by atoms with Gasteiger partial charge in [-0.05, 0) is 83.5 Å². The fourth-order valence-electron chi connectivity index (χ4n) is 9.09. The predicted octanol–water partition coefficient (Wildman–Crippen LogP) is 21.0. The number of rotatable bonds is 57. The molecule has 0 bridgehead atoms. The average Bonchev–Trinajstić information content (AvgIpc) is 3.37. The zero-order valence-corrected chi connectivity index (χ0v) is 47.5. The third kappa shape index (κ3) is 58.1. The second-order valence-electron chi connectivity index (χ2n) is 21.0. The van der Waals surface area contributed by atoms with Gasteiger partial charge in [-0.1, -0.05) is 275 Å². The number of carbonyl (C=O) groups excluding carboxylic acids is 3. The Balaban J connectivity index is 4.10. The van der Waals surface area contributed by atoms with Crippen LogP contribution in [0, 0.1) is 0 Å². The van der Waals surface area contributed by atoms with Crippen LogP contribution in [0.15, 0.2) is 48.6 Å². The highest BCUT2D eigenvalue weighted by Gasteiger charge is 2.19. The van der Waals surface area contributed by atoms with E-state index < -0.39 is 6.10 Å². The van der Waals surface area contributed by atoms with Crippen LogP contribution >= 0.6 is 0 Å². The average molecular weight is 996 g/mol. The highest BCUT2D eigenvalue weighted by molar-refractivity contribution is 5.71. The zero-order chi connectivity index (χ0) is 51.4. The van der Waals surface area contributed by atoms with E-state index in [0.717, 1.165) is 77.0 Å². The fourth-order valence-corrected chi connectivity index (χ4v) is 9.09. The van der Waals surface area contributed by atoms with E-state index in [1.807, 2.05) is 0 Å². The molecule has 0 aromatic heterocycles. The van der Waals surface area contributed by atoms with Crippen molar-refractivity contribution in [3.63, 3.8) is 0 Å². The van der Waals surface area contributed by atoms with Crippen LogP contribution in [-0.4, -0.2) is 37.2 Å². The van der Waals surface area contributed by atoms with Gasteiger partial charge < -0.3 is 14.2 Å². The fraction of sp³-hybridized carbons (Fsp3) is 0.831. The smallest absolute Gasteiger partial charge is 0.306 e. The molecule has 0 N–H and O–H groups in total. The van der Waals surface area contributed by atoms with Gasteiger partial charge in [0, 0.05) is 19.3 Å². The Kier molecular flexibility index (Phi) is 57.7. The standard InChI is InChI=1S/C65H118O6/c1-4-7-10-13-16-19-21-23-25-27-28-29-30-31-32-33-34-35-36-37-38-39-41-42-44-46-49-52-55-58-64(67)70-61-62(60-69-63(66)57-54-51-48-18-15-12-9-6-3)71-65(68)59-56-53-50-47-45-43-40-26-24-22-20-17-14-11-8-5-2/h21,23,26-28,30-31,40,62H,4-20,22,24-25,29,32-39,41-61H2,1-3H3/b23-21-,28-27-,31-30-,40-26-. The molecule has 0 aliphatic carbocycles. The lowest BCUT2D eigenvalue weighted by Gasteiger charge is -2.18. The normalized spacial score (nSPS) is 12.3. The summed E-state index contributed by atoms with van der Waals surface area (Å²) < 4.78 is 16.8. The lowest BCUT2D eigenvalue weighted by Crippen LogP contribution is -2.30. The minimum Gasteiger partial charge on any atom is -0.462 e. The Bertz CT molecular complexity index is 1230. The molecule has 0 aliphatic rings. The van der Waals surface area contributed by atoms with Gasteiger partial charge in [0.1, 0.15) is 13.2 Å². The maximum Gasteiger partial charge on any atom is 0.306 e. The number of esters is 3. The van der Waals surface area contributed by atoms with Crippen LogP contribution in [0.25, 0.3) is 0 Å². The molecule has 0 aromatic rings. The van der Waals surface area contributed by atoms with E-state index in [-0.39, 0.29) is 31.1 Å². The van der Waals surface area contributed by atoms with Gasteiger partial charge in [0.15, 0.2) is 6.10 Å². The van der Waals surface area contributed by atoms with Crippen LogP contribution in [0.1, 0.15) is 329 Å². The maximum atomic E-state index is 12.8. The minimum absolute atomic E-state index is 0.0732. The van der Waals surface area contributed by atoms with Crippen LogP contribution in [0.5, 0.6) is 0 Å². The van der Waals surface area contributed by atoms with Crippen molar-refractivity contribution in [1.82, 2.24) is 0 Å². The summed E-state index contributed by atoms with van der Waals surface area (Å²) in [5.41, 5.74) is 0. The first-order valence-corrected chi connectivity index (χ1v) is 31.1. The van der Waals surface area contributed by atoms with Crippen LogP contribution < -0.4 is 0 Å². The number of ether oxygens (including phenoxy) is 3. The van der Waals surface area contributed by atoms with Gasteiger partial charge in [-0.3, -0.25) is 14.4 Å². The number of allylic oxidation sites excluding steroid dienone is 8. The van der Waals surface area contributed by atoms with E-state index in [1.54, 1.807) is 0 Å². The Hall–Kier alpha value is -2.63. The summed E-state index contributed by atoms with van der Waals surface area (Å²) in [7, 11) is 0. The van der Waals surface area contributed by atoms with Crippen LogP contribution in [0.4, 0.5) is 0 Å². The summed E-state index contributed by atoms with van der Waals surface area (Å²) in [6.07, 6.45) is 74.2. The first kappa shape index (κ1) is 68.4. The summed E-state index contributed by atoms with van der Waals surface area (Å²) in [6.45, 7) is 6.62. The molecule has 0 saturated heterocycles. The molecule has 0 aliphatic heterocycles. The van der Waals surface area contributed by atoms with E-state index in [9.17, 15) is 14.4 Å². The molecular formula is C65H118O6. The number of hydrogen-bond donors (Lipinski definition) is 0. The monoisotopic (exact) mass is 995 g/mol. The van der Waals surface area contributed by atoms with Crippen LogP contribution in [0.2, 0.25) is 0 Å². The first-order valence-electron chi connectivity index (χ1n) is 31.1. The molecule has 71 heavy (non-hydrogen) atoms. The van der Waals surface area contributed by atoms with Crippen LogP contribution in [0.3, 0.4) is 0 Å². The van der Waals surface area contributed by atoms with Gasteiger partial charge in [0.05, 0.1) is 0 Å². The molecule has 0 radical (unpaired) electrons. The molecule has 0 rings (SSSR count). The number of hydrogen-bond acceptors (Lipinski definition) is 6. The van der Waals surface area contributed by atoms with Crippen molar-refractivity contribution in [1.29, 1.82) is 0 Å². The Morgan fingerprint density at radius 3 is 0.803 bits per heavy atom. The molecule has 0 heterocycles. The topological polar surface area (TPSA) is 78.9 Å². The van der Waals surface area contributed by atoms with Crippen molar-refractivity contribution in [3.05, 3.63) is 48.6 Å². The summed E-state index contributed by atoms with van der Waals surface area (Å²) in [6, 6.07) is 0. The van der Waals surface area contributed by atoms with Gasteiger partial charge in [0.2, 0.25) is 0 Å². The molecule has 1 unspecified atom stereocenters. The van der Waals surface area contributed by atoms with Gasteiger partial charge in [-0.15, -0.1) is 0 Å². The molecular weight excluding hydrogens is 877 g/mol. The molecule has 0 saturated carbocycles. The van der Waals surface area contributed by atoms with Gasteiger partial charge in [0.25, 0.3) is 0 Å². The number of carbonyl (C=O) groups is 3. The predicted molar refractivity (Wildman–Crippen MR) is 307 cm³/mol. The lowest BCUT2D eigenvalue weighted by molar-refractivity contribution is -0.167. The molecule has 0 amide bonds. The van der Waals surface area contributed by atoms with Crippen molar-refractivity contribution in [2.75, 3.05) is 13.2 Å². The molecule has 6 nitrogen and oxygen atoms in total. The Morgan fingerprint density at radius 2 is 0.507 bits per heavy atom. The highest BCUT2D eigenvalue weighted by atomic mass is 16.6. The highest BCUT2D eigenvalue weighted by Crippen LogP contribution is 2.16. The summed E-state index contributed by atoms with van der Waals surface area (Å²) in [4.78, 5) is 38.0. The van der Waals surface area contributed by atoms with Crippen molar-refractivity contribution in [2.24, 2.45) is 0 Å². The van der Waals surface area contributed by atoms with Crippen molar-refractivity contribution < 1.29 is 28.6 Å². The molecule has 0 spiro atoms. The summed E-state index contributed by atoms with van der Waals surface area (Å²) in [5.74, 6) is -0.871. The van der Waals surface area contributed by atoms with Crippen LogP contribution in [-0.2, 0) is 28.6 Å². The van der Waals surface area contributed by atoms with E-state index in [2.05, 4.69) is 69.4 Å². The lowest BCUT2D eigenvalue weighted by atomic mass is 10.0. The van der Waals surface area contributed by atoms with Crippen molar-refractivity contribution in [2.45, 2.75) is 335 Å². The number of unbranched alkanes of at least 4 members (excludes halogenated alkanes) is 38. The van der Waals surface area contributed by atoms with Crippen molar-refractivity contribution >= 4 is 17.9 Å². The molecule has 0 aromatic carbocycles. The molecule has 1 atom stereocenters. The quantitative estimate of drug-likeness (QED) is 0.0261. The largest absolute Gasteiger partial charge is 0.462 e. The van der Waals surface area contributed by atoms with E-state index >= 15 is 0 Å². The molecule has 6 heteroatoms.